The lowest BCUT2D eigenvalue weighted by molar-refractivity contribution is -0.0504. The van der Waals surface area contributed by atoms with Gasteiger partial charge in [0.2, 0.25) is 0 Å². The molecule has 0 saturated carbocycles. The van der Waals surface area contributed by atoms with E-state index in [2.05, 4.69) is 25.3 Å². The summed E-state index contributed by atoms with van der Waals surface area (Å²) in [6.45, 7) is 1.23. The lowest BCUT2D eigenvalue weighted by Gasteiger charge is -2.13. The van der Waals surface area contributed by atoms with Crippen LogP contribution in [0.25, 0.3) is 0 Å². The Labute approximate surface area is 149 Å². The molecule has 1 heterocycles. The Balaban J connectivity index is 2.00. The molecular weight excluding hydrogens is 352 g/mol. The Morgan fingerprint density at radius 2 is 2.24 bits per heavy atom. The van der Waals surface area contributed by atoms with E-state index in [1.165, 1.54) is 12.1 Å². The largest absolute Gasteiger partial charge is 0.434 e. The number of nitrogens with one attached hydrogen (secondary N) is 2. The maximum atomic E-state index is 12.5. The van der Waals surface area contributed by atoms with E-state index in [0.29, 0.717) is 29.6 Å². The Bertz CT molecular complexity index is 679. The number of benzene rings is 1. The van der Waals surface area contributed by atoms with Gasteiger partial charge >= 0.3 is 6.61 Å². The topological polar surface area (TPSA) is 63.5 Å². The molecule has 1 aromatic heterocycles. The van der Waals surface area contributed by atoms with Crippen LogP contribution in [0.4, 0.5) is 8.78 Å². The monoisotopic (exact) mass is 371 g/mol. The average Bonchev–Trinajstić information content (AvgIpc) is 3.08. The highest BCUT2D eigenvalue weighted by Crippen LogP contribution is 2.25. The number of nitrogens with zero attached hydrogens (tertiary/aromatic N) is 3. The van der Waals surface area contributed by atoms with Crippen molar-refractivity contribution in [3.05, 3.63) is 47.5 Å². The molecular formula is C16H20ClF2N5O. The Kier molecular flexibility index (Phi) is 7.46. The van der Waals surface area contributed by atoms with Gasteiger partial charge in [-0.05, 0) is 25.1 Å². The molecule has 0 radical (unpaired) electrons. The second-order valence-electron chi connectivity index (χ2n) is 5.05. The van der Waals surface area contributed by atoms with Crippen LogP contribution in [0.2, 0.25) is 5.02 Å². The van der Waals surface area contributed by atoms with Gasteiger partial charge in [-0.2, -0.15) is 8.78 Å². The van der Waals surface area contributed by atoms with Gasteiger partial charge in [-0.3, -0.25) is 0 Å². The van der Waals surface area contributed by atoms with Crippen LogP contribution in [-0.2, 0) is 13.1 Å². The molecule has 0 fully saturated rings. The first kappa shape index (κ1) is 19.0. The molecule has 9 heteroatoms. The molecule has 0 aliphatic carbocycles. The van der Waals surface area contributed by atoms with E-state index in [4.69, 9.17) is 11.6 Å². The fourth-order valence-electron chi connectivity index (χ4n) is 2.11. The summed E-state index contributed by atoms with van der Waals surface area (Å²) in [4.78, 5) is 8.37. The molecule has 0 amide bonds. The molecule has 1 aromatic carbocycles. The third-order valence-electron chi connectivity index (χ3n) is 3.21. The first-order valence-electron chi connectivity index (χ1n) is 7.79. The van der Waals surface area contributed by atoms with Crippen LogP contribution in [0.3, 0.4) is 0 Å². The number of aromatic nitrogens is 2. The zero-order valence-electron chi connectivity index (χ0n) is 13.8. The zero-order chi connectivity index (χ0) is 18.1. The van der Waals surface area contributed by atoms with Crippen LogP contribution in [0.15, 0.2) is 41.9 Å². The van der Waals surface area contributed by atoms with Crippen LogP contribution in [0, 0.1) is 0 Å². The fourth-order valence-corrected chi connectivity index (χ4v) is 2.31. The van der Waals surface area contributed by atoms with Crippen LogP contribution in [0.1, 0.15) is 12.5 Å². The Morgan fingerprint density at radius 3 is 2.92 bits per heavy atom. The lowest BCUT2D eigenvalue weighted by atomic mass is 10.2. The van der Waals surface area contributed by atoms with Crippen molar-refractivity contribution in [2.24, 2.45) is 4.99 Å². The highest BCUT2D eigenvalue weighted by molar-refractivity contribution is 6.30. The molecule has 0 aliphatic rings. The second kappa shape index (κ2) is 9.83. The van der Waals surface area contributed by atoms with Gasteiger partial charge in [0, 0.05) is 42.6 Å². The van der Waals surface area contributed by atoms with Crippen molar-refractivity contribution in [2.45, 2.75) is 26.6 Å². The number of alkyl halides is 2. The molecule has 0 spiro atoms. The molecule has 6 nitrogen and oxygen atoms in total. The van der Waals surface area contributed by atoms with Gasteiger partial charge in [-0.1, -0.05) is 11.6 Å². The predicted molar refractivity (Wildman–Crippen MR) is 93.1 cm³/mol. The minimum absolute atomic E-state index is 0.0670. The molecule has 2 aromatic rings. The van der Waals surface area contributed by atoms with E-state index < -0.39 is 6.61 Å². The summed E-state index contributed by atoms with van der Waals surface area (Å²) in [6.07, 6.45) is 5.31. The van der Waals surface area contributed by atoms with Crippen molar-refractivity contribution in [3.63, 3.8) is 0 Å². The van der Waals surface area contributed by atoms with Crippen molar-refractivity contribution < 1.29 is 13.5 Å². The van der Waals surface area contributed by atoms with Gasteiger partial charge in [-0.15, -0.1) is 0 Å². The molecule has 136 valence electrons. The van der Waals surface area contributed by atoms with E-state index in [9.17, 15) is 8.78 Å². The minimum atomic E-state index is -2.90. The first-order valence-corrected chi connectivity index (χ1v) is 8.17. The van der Waals surface area contributed by atoms with Crippen molar-refractivity contribution in [1.29, 1.82) is 0 Å². The van der Waals surface area contributed by atoms with Gasteiger partial charge < -0.3 is 19.9 Å². The first-order chi connectivity index (χ1) is 12.1. The van der Waals surface area contributed by atoms with Crippen molar-refractivity contribution in [3.8, 4) is 5.75 Å². The number of rotatable bonds is 8. The number of imidazole rings is 1. The second-order valence-corrected chi connectivity index (χ2v) is 5.49. The molecule has 2 rings (SSSR count). The zero-order valence-corrected chi connectivity index (χ0v) is 14.5. The lowest BCUT2D eigenvalue weighted by Crippen LogP contribution is -2.38. The Morgan fingerprint density at radius 1 is 1.40 bits per heavy atom. The SMILES string of the molecule is CCNC(=NCc1cc(Cl)ccc1OC(F)F)NCCn1ccnc1. The van der Waals surface area contributed by atoms with Crippen LogP contribution >= 0.6 is 11.6 Å². The Hall–Kier alpha value is -2.35. The van der Waals surface area contributed by atoms with Gasteiger partial charge in [0.1, 0.15) is 5.75 Å². The molecule has 0 aliphatic heterocycles. The summed E-state index contributed by atoms with van der Waals surface area (Å²) < 4.78 is 31.4. The van der Waals surface area contributed by atoms with E-state index in [1.807, 2.05) is 17.7 Å². The van der Waals surface area contributed by atoms with Crippen LogP contribution < -0.4 is 15.4 Å². The van der Waals surface area contributed by atoms with E-state index in [0.717, 1.165) is 6.54 Å². The third kappa shape index (κ3) is 6.58. The average molecular weight is 372 g/mol. The highest BCUT2D eigenvalue weighted by atomic mass is 35.5. The normalized spacial score (nSPS) is 11.6. The molecule has 0 bridgehead atoms. The number of aliphatic imine (C=N–C) groups is 1. The van der Waals surface area contributed by atoms with E-state index in [1.54, 1.807) is 18.6 Å². The molecule has 25 heavy (non-hydrogen) atoms. The summed E-state index contributed by atoms with van der Waals surface area (Å²) in [7, 11) is 0. The van der Waals surface area contributed by atoms with Gasteiger partial charge in [0.25, 0.3) is 0 Å². The van der Waals surface area contributed by atoms with E-state index in [-0.39, 0.29) is 12.3 Å². The number of ether oxygens (including phenoxy) is 1. The maximum Gasteiger partial charge on any atom is 0.387 e. The summed E-state index contributed by atoms with van der Waals surface area (Å²) in [5.74, 6) is 0.642. The van der Waals surface area contributed by atoms with Gasteiger partial charge in [0.05, 0.1) is 12.9 Å². The quantitative estimate of drug-likeness (QED) is 0.553. The van der Waals surface area contributed by atoms with Gasteiger partial charge in [-0.25, -0.2) is 9.98 Å². The van der Waals surface area contributed by atoms with Crippen molar-refractivity contribution >= 4 is 17.6 Å². The summed E-state index contributed by atoms with van der Waals surface area (Å²) >= 11 is 5.94. The highest BCUT2D eigenvalue weighted by Gasteiger charge is 2.10. The fraction of sp³-hybridized carbons (Fsp3) is 0.375. The molecule has 2 N–H and O–H groups in total. The molecule has 0 unspecified atom stereocenters. The third-order valence-corrected chi connectivity index (χ3v) is 3.45. The van der Waals surface area contributed by atoms with Gasteiger partial charge in [0.15, 0.2) is 5.96 Å². The number of hydrogen-bond donors (Lipinski definition) is 2. The number of halogens is 3. The van der Waals surface area contributed by atoms with Crippen LogP contribution in [-0.4, -0.2) is 35.2 Å². The molecule has 0 atom stereocenters. The summed E-state index contributed by atoms with van der Waals surface area (Å²) in [5.41, 5.74) is 0.486. The van der Waals surface area contributed by atoms with E-state index >= 15 is 0 Å². The predicted octanol–water partition coefficient (Wildman–Crippen LogP) is 2.89. The van der Waals surface area contributed by atoms with Crippen molar-refractivity contribution in [1.82, 2.24) is 20.2 Å². The smallest absolute Gasteiger partial charge is 0.387 e. The standard InChI is InChI=1S/C16H20ClF2N5O/c1-2-21-16(22-6-8-24-7-5-20-11-24)23-10-12-9-13(17)3-4-14(12)25-15(18)19/h3-5,7,9,11,15H,2,6,8,10H2,1H3,(H2,21,22,23). The van der Waals surface area contributed by atoms with Crippen molar-refractivity contribution in [2.75, 3.05) is 13.1 Å². The summed E-state index contributed by atoms with van der Waals surface area (Å²) in [6, 6.07) is 4.48. The maximum absolute atomic E-state index is 12.5. The summed E-state index contributed by atoms with van der Waals surface area (Å²) in [5, 5.41) is 6.71. The molecule has 0 saturated heterocycles. The number of guanidine groups is 1. The number of hydrogen-bond acceptors (Lipinski definition) is 3. The minimum Gasteiger partial charge on any atom is -0.434 e. The van der Waals surface area contributed by atoms with Crippen LogP contribution in [0.5, 0.6) is 5.75 Å².